The van der Waals surface area contributed by atoms with Gasteiger partial charge in [0.25, 0.3) is 5.91 Å². The van der Waals surface area contributed by atoms with E-state index in [1.54, 1.807) is 6.07 Å². The number of nitrogens with zero attached hydrogens (tertiary/aromatic N) is 3. The van der Waals surface area contributed by atoms with Gasteiger partial charge in [-0.2, -0.15) is 5.10 Å². The molecule has 6 nitrogen and oxygen atoms in total. The number of alkyl halides is 1. The van der Waals surface area contributed by atoms with Gasteiger partial charge >= 0.3 is 0 Å². The molecular formula is C20H24F2N4O2. The predicted octanol–water partition coefficient (Wildman–Crippen LogP) is 3.08. The molecule has 2 N–H and O–H groups in total. The molecule has 1 atom stereocenters. The van der Waals surface area contributed by atoms with Crippen LogP contribution < -0.4 is 5.73 Å². The zero-order valence-corrected chi connectivity index (χ0v) is 16.2. The molecule has 2 amide bonds. The Morgan fingerprint density at radius 2 is 2.04 bits per heavy atom. The highest BCUT2D eigenvalue weighted by Gasteiger charge is 2.35. The van der Waals surface area contributed by atoms with Crippen molar-refractivity contribution in [1.82, 2.24) is 14.7 Å². The summed E-state index contributed by atoms with van der Waals surface area (Å²) in [6.45, 7) is 5.34. The molecule has 0 aliphatic carbocycles. The Labute approximate surface area is 162 Å². The molecular weight excluding hydrogens is 366 g/mol. The zero-order chi connectivity index (χ0) is 20.6. The third kappa shape index (κ3) is 3.90. The summed E-state index contributed by atoms with van der Waals surface area (Å²) in [5.74, 6) is -1.35. The Hall–Kier alpha value is -2.77. The second kappa shape index (κ2) is 7.33. The number of benzene rings is 1. The molecule has 0 spiro atoms. The SMILES string of the molecule is CC(C)(C)CC(=O)N1Cc2c(C(N)=O)c(-c3cccc(F)c3)nn2C(CF)C1. The maximum atomic E-state index is 13.8. The lowest BCUT2D eigenvalue weighted by Crippen LogP contribution is -2.43. The molecule has 1 aromatic heterocycles. The van der Waals surface area contributed by atoms with Crippen molar-refractivity contribution in [2.24, 2.45) is 11.1 Å². The molecule has 150 valence electrons. The standard InChI is InChI=1S/C20H24F2N4O2/c1-20(2,3)8-16(27)25-10-14(9-21)26-15(11-25)17(19(23)28)18(24-26)12-5-4-6-13(22)7-12/h4-7,14H,8-11H2,1-3H3,(H2,23,28). The summed E-state index contributed by atoms with van der Waals surface area (Å²) in [5, 5.41) is 4.38. The van der Waals surface area contributed by atoms with Gasteiger partial charge in [0.2, 0.25) is 5.91 Å². The van der Waals surface area contributed by atoms with Crippen molar-refractivity contribution in [2.75, 3.05) is 13.2 Å². The van der Waals surface area contributed by atoms with Gasteiger partial charge in [0.05, 0.1) is 23.8 Å². The maximum absolute atomic E-state index is 13.8. The van der Waals surface area contributed by atoms with Crippen molar-refractivity contribution >= 4 is 11.8 Å². The summed E-state index contributed by atoms with van der Waals surface area (Å²) in [6.07, 6.45) is 0.294. The number of halogens is 2. The monoisotopic (exact) mass is 390 g/mol. The zero-order valence-electron chi connectivity index (χ0n) is 16.2. The molecule has 2 heterocycles. The summed E-state index contributed by atoms with van der Waals surface area (Å²) in [4.78, 5) is 26.4. The minimum absolute atomic E-state index is 0.0947. The molecule has 8 heteroatoms. The Morgan fingerprint density at radius 1 is 1.32 bits per heavy atom. The number of nitrogens with two attached hydrogens (primary N) is 1. The fourth-order valence-corrected chi connectivity index (χ4v) is 3.47. The summed E-state index contributed by atoms with van der Waals surface area (Å²) in [6, 6.07) is 4.90. The predicted molar refractivity (Wildman–Crippen MR) is 101 cm³/mol. The van der Waals surface area contributed by atoms with Crippen LogP contribution in [0.4, 0.5) is 8.78 Å². The first-order valence-corrected chi connectivity index (χ1v) is 9.11. The van der Waals surface area contributed by atoms with E-state index in [9.17, 15) is 18.4 Å². The first-order valence-electron chi connectivity index (χ1n) is 9.11. The lowest BCUT2D eigenvalue weighted by molar-refractivity contribution is -0.135. The average Bonchev–Trinajstić information content (AvgIpc) is 2.99. The quantitative estimate of drug-likeness (QED) is 0.871. The Morgan fingerprint density at radius 3 is 2.61 bits per heavy atom. The lowest BCUT2D eigenvalue weighted by Gasteiger charge is -2.34. The average molecular weight is 390 g/mol. The van der Waals surface area contributed by atoms with E-state index in [0.717, 1.165) is 0 Å². The second-order valence-corrected chi connectivity index (χ2v) is 8.31. The Kier molecular flexibility index (Phi) is 5.23. The highest BCUT2D eigenvalue weighted by molar-refractivity contribution is 6.00. The van der Waals surface area contributed by atoms with Crippen molar-refractivity contribution in [3.63, 3.8) is 0 Å². The number of rotatable bonds is 4. The van der Waals surface area contributed by atoms with Gasteiger partial charge in [0, 0.05) is 18.5 Å². The summed E-state index contributed by atoms with van der Waals surface area (Å²) in [5.41, 5.74) is 6.41. The molecule has 3 rings (SSSR count). The molecule has 1 aliphatic heterocycles. The Bertz CT molecular complexity index is 917. The molecule has 1 aliphatic rings. The molecule has 0 radical (unpaired) electrons. The lowest BCUT2D eigenvalue weighted by atomic mass is 9.91. The number of carbonyl (C=O) groups excluding carboxylic acids is 2. The Balaban J connectivity index is 2.07. The topological polar surface area (TPSA) is 81.2 Å². The first kappa shape index (κ1) is 20.0. The van der Waals surface area contributed by atoms with E-state index in [0.29, 0.717) is 17.7 Å². The van der Waals surface area contributed by atoms with Gasteiger partial charge in [-0.05, 0) is 17.5 Å². The van der Waals surface area contributed by atoms with E-state index < -0.39 is 24.4 Å². The smallest absolute Gasteiger partial charge is 0.252 e. The van der Waals surface area contributed by atoms with Crippen LogP contribution in [0.5, 0.6) is 0 Å². The highest BCUT2D eigenvalue weighted by Crippen LogP contribution is 2.33. The van der Waals surface area contributed by atoms with Gasteiger partial charge in [-0.15, -0.1) is 0 Å². The molecule has 28 heavy (non-hydrogen) atoms. The summed E-state index contributed by atoms with van der Waals surface area (Å²) in [7, 11) is 0. The number of aromatic nitrogens is 2. The van der Waals surface area contributed by atoms with E-state index in [-0.39, 0.29) is 35.7 Å². The van der Waals surface area contributed by atoms with Crippen LogP contribution in [0.1, 0.15) is 49.3 Å². The van der Waals surface area contributed by atoms with E-state index in [1.807, 2.05) is 20.8 Å². The van der Waals surface area contributed by atoms with Crippen LogP contribution in [-0.4, -0.2) is 39.7 Å². The van der Waals surface area contributed by atoms with Gasteiger partial charge in [-0.1, -0.05) is 32.9 Å². The third-order valence-corrected chi connectivity index (χ3v) is 4.68. The van der Waals surface area contributed by atoms with Crippen molar-refractivity contribution in [3.05, 3.63) is 41.3 Å². The maximum Gasteiger partial charge on any atom is 0.252 e. The molecule has 1 unspecified atom stereocenters. The number of carbonyl (C=O) groups is 2. The normalized spacial score (nSPS) is 16.8. The van der Waals surface area contributed by atoms with E-state index in [4.69, 9.17) is 5.73 Å². The summed E-state index contributed by atoms with van der Waals surface area (Å²) >= 11 is 0. The number of fused-ring (bicyclic) bond motifs is 1. The van der Waals surface area contributed by atoms with Crippen molar-refractivity contribution < 1.29 is 18.4 Å². The van der Waals surface area contributed by atoms with Crippen LogP contribution in [0, 0.1) is 11.2 Å². The number of amides is 2. The van der Waals surface area contributed by atoms with Gasteiger partial charge < -0.3 is 10.6 Å². The minimum atomic E-state index is -0.755. The molecule has 1 aromatic carbocycles. The minimum Gasteiger partial charge on any atom is -0.365 e. The van der Waals surface area contributed by atoms with Crippen molar-refractivity contribution in [2.45, 2.75) is 39.8 Å². The molecule has 2 aromatic rings. The van der Waals surface area contributed by atoms with Crippen molar-refractivity contribution in [3.8, 4) is 11.3 Å². The molecule has 0 saturated carbocycles. The van der Waals surface area contributed by atoms with E-state index in [1.165, 1.54) is 27.8 Å². The number of hydrogen-bond donors (Lipinski definition) is 1. The molecule has 0 saturated heterocycles. The van der Waals surface area contributed by atoms with Crippen LogP contribution in [0.3, 0.4) is 0 Å². The van der Waals surface area contributed by atoms with Crippen LogP contribution in [0.2, 0.25) is 0 Å². The number of primary amides is 1. The van der Waals surface area contributed by atoms with Crippen LogP contribution in [-0.2, 0) is 11.3 Å². The molecule has 0 bridgehead atoms. The number of hydrogen-bond acceptors (Lipinski definition) is 3. The van der Waals surface area contributed by atoms with Crippen LogP contribution in [0.15, 0.2) is 24.3 Å². The van der Waals surface area contributed by atoms with Crippen LogP contribution >= 0.6 is 0 Å². The largest absolute Gasteiger partial charge is 0.365 e. The fourth-order valence-electron chi connectivity index (χ4n) is 3.47. The van der Waals surface area contributed by atoms with Gasteiger partial charge in [-0.3, -0.25) is 14.3 Å². The van der Waals surface area contributed by atoms with Gasteiger partial charge in [-0.25, -0.2) is 8.78 Å². The van der Waals surface area contributed by atoms with E-state index in [2.05, 4.69) is 5.10 Å². The third-order valence-electron chi connectivity index (χ3n) is 4.68. The highest BCUT2D eigenvalue weighted by atomic mass is 19.1. The van der Waals surface area contributed by atoms with Gasteiger partial charge in [0.1, 0.15) is 18.2 Å². The van der Waals surface area contributed by atoms with E-state index >= 15 is 0 Å². The molecule has 0 fully saturated rings. The second-order valence-electron chi connectivity index (χ2n) is 8.31. The van der Waals surface area contributed by atoms with Gasteiger partial charge in [0.15, 0.2) is 0 Å². The van der Waals surface area contributed by atoms with Crippen molar-refractivity contribution in [1.29, 1.82) is 0 Å². The first-order chi connectivity index (χ1) is 13.1. The fraction of sp³-hybridized carbons (Fsp3) is 0.450. The summed E-state index contributed by atoms with van der Waals surface area (Å²) < 4.78 is 28.9. The van der Waals surface area contributed by atoms with Crippen LogP contribution in [0.25, 0.3) is 11.3 Å².